The van der Waals surface area contributed by atoms with Crippen molar-refractivity contribution in [2.45, 2.75) is 0 Å². The molecule has 3 N–H and O–H groups in total. The highest BCUT2D eigenvalue weighted by atomic mass is 19.1. The van der Waals surface area contributed by atoms with E-state index in [9.17, 15) is 14.8 Å². The zero-order valence-corrected chi connectivity index (χ0v) is 14.7. The van der Waals surface area contributed by atoms with Gasteiger partial charge >= 0.3 is 0 Å². The Labute approximate surface area is 155 Å². The van der Waals surface area contributed by atoms with Gasteiger partial charge in [0.2, 0.25) is 0 Å². The third kappa shape index (κ3) is 3.33. The van der Waals surface area contributed by atoms with Crippen LogP contribution in [0.5, 0.6) is 17.2 Å². The average Bonchev–Trinajstić information content (AvgIpc) is 2.67. The zero-order valence-electron chi connectivity index (χ0n) is 14.7. The summed E-state index contributed by atoms with van der Waals surface area (Å²) in [5.74, 6) is 0.00181. The van der Waals surface area contributed by atoms with Gasteiger partial charge in [0, 0.05) is 16.7 Å². The number of pyridine rings is 1. The summed E-state index contributed by atoms with van der Waals surface area (Å²) in [7, 11) is 2.86. The number of phenols is 1. The molecule has 0 bridgehead atoms. The molecule has 27 heavy (non-hydrogen) atoms. The molecule has 0 saturated heterocycles. The fourth-order valence-corrected chi connectivity index (χ4v) is 2.77. The second-order valence-corrected chi connectivity index (χ2v) is 5.66. The molecule has 3 rings (SSSR count). The van der Waals surface area contributed by atoms with Crippen LogP contribution in [0.4, 0.5) is 10.2 Å². The number of hydrogen-bond donors (Lipinski definition) is 2. The van der Waals surface area contributed by atoms with Crippen LogP contribution >= 0.6 is 0 Å². The number of benzene rings is 2. The number of anilines is 1. The number of methoxy groups -OCH3 is 2. The van der Waals surface area contributed by atoms with Gasteiger partial charge in [0.05, 0.1) is 19.9 Å². The molecule has 0 aliphatic carbocycles. The lowest BCUT2D eigenvalue weighted by Crippen LogP contribution is -2.01. The Morgan fingerprint density at radius 1 is 1.04 bits per heavy atom. The Bertz CT molecular complexity index is 1060. The van der Waals surface area contributed by atoms with Crippen LogP contribution in [0.3, 0.4) is 0 Å². The summed E-state index contributed by atoms with van der Waals surface area (Å²) in [6, 6.07) is 12.5. The van der Waals surface area contributed by atoms with Crippen molar-refractivity contribution < 1.29 is 19.0 Å². The zero-order chi connectivity index (χ0) is 19.6. The predicted molar refractivity (Wildman–Crippen MR) is 99.0 cm³/mol. The molecule has 0 spiro atoms. The number of nitrogen functional groups attached to an aromatic ring is 1. The van der Waals surface area contributed by atoms with Crippen LogP contribution in [0.2, 0.25) is 0 Å². The standard InChI is InChI=1S/C20H16FN3O3/c1-26-18-6-4-12(25)8-14(18)13-9-17(24-20(23)15(13)10-22)11-3-5-19(27-2)16(21)7-11/h3-9,25H,1-2H3,(H2,23,24). The monoisotopic (exact) mass is 365 g/mol. The number of ether oxygens (including phenoxy) is 2. The number of phenolic OH excluding ortho intramolecular Hbond substituents is 1. The van der Waals surface area contributed by atoms with Crippen LogP contribution in [-0.2, 0) is 0 Å². The maximum atomic E-state index is 14.1. The smallest absolute Gasteiger partial charge is 0.165 e. The van der Waals surface area contributed by atoms with E-state index in [1.807, 2.05) is 6.07 Å². The lowest BCUT2D eigenvalue weighted by Gasteiger charge is -2.14. The minimum atomic E-state index is -0.545. The van der Waals surface area contributed by atoms with Gasteiger partial charge in [-0.25, -0.2) is 9.37 Å². The van der Waals surface area contributed by atoms with Crippen molar-refractivity contribution in [1.29, 1.82) is 5.26 Å². The van der Waals surface area contributed by atoms with Gasteiger partial charge in [-0.15, -0.1) is 0 Å². The summed E-state index contributed by atoms with van der Waals surface area (Å²) in [5.41, 5.74) is 7.83. The molecule has 1 heterocycles. The Kier molecular flexibility index (Phi) is 4.81. The number of hydrogen-bond acceptors (Lipinski definition) is 6. The molecule has 6 nitrogen and oxygen atoms in total. The molecular weight excluding hydrogens is 349 g/mol. The highest BCUT2D eigenvalue weighted by molar-refractivity contribution is 5.83. The number of nitrogens with zero attached hydrogens (tertiary/aromatic N) is 2. The highest BCUT2D eigenvalue weighted by Crippen LogP contribution is 2.38. The molecule has 0 radical (unpaired) electrons. The number of rotatable bonds is 4. The lowest BCUT2D eigenvalue weighted by atomic mass is 9.97. The van der Waals surface area contributed by atoms with E-state index in [0.717, 1.165) is 0 Å². The van der Waals surface area contributed by atoms with Crippen molar-refractivity contribution >= 4 is 5.82 Å². The normalized spacial score (nSPS) is 10.3. The average molecular weight is 365 g/mol. The Morgan fingerprint density at radius 2 is 1.74 bits per heavy atom. The topological polar surface area (TPSA) is 101 Å². The second kappa shape index (κ2) is 7.22. The molecule has 7 heteroatoms. The van der Waals surface area contributed by atoms with Crippen molar-refractivity contribution in [2.24, 2.45) is 0 Å². The summed E-state index contributed by atoms with van der Waals surface area (Å²) in [6.07, 6.45) is 0. The quantitative estimate of drug-likeness (QED) is 0.730. The Balaban J connectivity index is 2.26. The molecule has 0 unspecified atom stereocenters. The first-order valence-corrected chi connectivity index (χ1v) is 7.90. The van der Waals surface area contributed by atoms with Gasteiger partial charge in [-0.3, -0.25) is 0 Å². The van der Waals surface area contributed by atoms with Crippen LogP contribution in [0.15, 0.2) is 42.5 Å². The molecule has 3 aromatic rings. The third-order valence-corrected chi connectivity index (χ3v) is 4.08. The third-order valence-electron chi connectivity index (χ3n) is 4.08. The van der Waals surface area contributed by atoms with Crippen molar-refractivity contribution in [2.75, 3.05) is 20.0 Å². The summed E-state index contributed by atoms with van der Waals surface area (Å²) < 4.78 is 24.3. The van der Waals surface area contributed by atoms with E-state index in [-0.39, 0.29) is 22.9 Å². The lowest BCUT2D eigenvalue weighted by molar-refractivity contribution is 0.386. The van der Waals surface area contributed by atoms with Gasteiger partial charge in [0.15, 0.2) is 11.6 Å². The van der Waals surface area contributed by atoms with Crippen LogP contribution in [0.1, 0.15) is 5.56 Å². The first-order chi connectivity index (χ1) is 13.0. The molecule has 0 saturated carbocycles. The predicted octanol–water partition coefficient (Wildman–Crippen LogP) is 3.73. The summed E-state index contributed by atoms with van der Waals surface area (Å²) >= 11 is 0. The number of nitriles is 1. The first-order valence-electron chi connectivity index (χ1n) is 7.90. The van der Waals surface area contributed by atoms with Crippen LogP contribution in [-0.4, -0.2) is 24.3 Å². The van der Waals surface area contributed by atoms with E-state index in [1.54, 1.807) is 18.2 Å². The van der Waals surface area contributed by atoms with Gasteiger partial charge in [-0.2, -0.15) is 5.26 Å². The highest BCUT2D eigenvalue weighted by Gasteiger charge is 2.18. The van der Waals surface area contributed by atoms with E-state index < -0.39 is 5.82 Å². The number of aromatic nitrogens is 1. The van der Waals surface area contributed by atoms with Gasteiger partial charge in [0.25, 0.3) is 0 Å². The van der Waals surface area contributed by atoms with E-state index in [0.29, 0.717) is 28.1 Å². The number of nitrogens with two attached hydrogens (primary N) is 1. The first kappa shape index (κ1) is 18.0. The van der Waals surface area contributed by atoms with Crippen molar-refractivity contribution in [1.82, 2.24) is 4.98 Å². The van der Waals surface area contributed by atoms with Gasteiger partial charge in [-0.1, -0.05) is 0 Å². The van der Waals surface area contributed by atoms with Crippen LogP contribution in [0, 0.1) is 17.1 Å². The van der Waals surface area contributed by atoms with E-state index in [2.05, 4.69) is 4.98 Å². The SMILES string of the molecule is COc1ccc(-c2cc(-c3cc(O)ccc3OC)c(C#N)c(N)n2)cc1F. The van der Waals surface area contributed by atoms with E-state index in [4.69, 9.17) is 15.2 Å². The fraction of sp³-hybridized carbons (Fsp3) is 0.100. The maximum absolute atomic E-state index is 14.1. The minimum Gasteiger partial charge on any atom is -0.508 e. The van der Waals surface area contributed by atoms with Gasteiger partial charge in [0.1, 0.15) is 28.9 Å². The van der Waals surface area contributed by atoms with Crippen LogP contribution < -0.4 is 15.2 Å². The summed E-state index contributed by atoms with van der Waals surface area (Å²) in [4.78, 5) is 4.22. The molecule has 136 valence electrons. The molecular formula is C20H16FN3O3. The number of halogens is 1. The van der Waals surface area contributed by atoms with Crippen LogP contribution in [0.25, 0.3) is 22.4 Å². The van der Waals surface area contributed by atoms with Gasteiger partial charge < -0.3 is 20.3 Å². The Hall–Kier alpha value is -3.79. The molecule has 0 atom stereocenters. The largest absolute Gasteiger partial charge is 0.508 e. The molecule has 0 aliphatic heterocycles. The maximum Gasteiger partial charge on any atom is 0.165 e. The van der Waals surface area contributed by atoms with Gasteiger partial charge in [-0.05, 0) is 42.5 Å². The number of aromatic hydroxyl groups is 1. The fourth-order valence-electron chi connectivity index (χ4n) is 2.77. The molecule has 2 aromatic carbocycles. The van der Waals surface area contributed by atoms with Crippen molar-refractivity contribution in [3.8, 4) is 45.7 Å². The minimum absolute atomic E-state index is 0.00196. The summed E-state index contributed by atoms with van der Waals surface area (Å²) in [5, 5.41) is 19.4. The van der Waals surface area contributed by atoms with Crippen molar-refractivity contribution in [3.63, 3.8) is 0 Å². The van der Waals surface area contributed by atoms with Crippen molar-refractivity contribution in [3.05, 3.63) is 53.8 Å². The Morgan fingerprint density at radius 3 is 2.37 bits per heavy atom. The van der Waals surface area contributed by atoms with E-state index in [1.165, 1.54) is 38.5 Å². The summed E-state index contributed by atoms with van der Waals surface area (Å²) in [6.45, 7) is 0. The molecule has 0 aliphatic rings. The molecule has 0 amide bonds. The molecule has 0 fully saturated rings. The van der Waals surface area contributed by atoms with E-state index >= 15 is 0 Å². The molecule has 1 aromatic heterocycles. The second-order valence-electron chi connectivity index (χ2n) is 5.66.